The molecule has 102 valence electrons. The third-order valence-electron chi connectivity index (χ3n) is 3.83. The monoisotopic (exact) mass is 280 g/mol. The van der Waals surface area contributed by atoms with Crippen molar-refractivity contribution in [3.05, 3.63) is 35.9 Å². The number of hydrogen-bond donors (Lipinski definition) is 0. The minimum Gasteiger partial charge on any atom is -0.363 e. The van der Waals surface area contributed by atoms with E-state index in [1.165, 1.54) is 5.56 Å². The smallest absolute Gasteiger partial charge is 0.186 e. The molecule has 0 aromatic heterocycles. The van der Waals surface area contributed by atoms with E-state index in [4.69, 9.17) is 18.9 Å². The van der Waals surface area contributed by atoms with Gasteiger partial charge in [-0.1, -0.05) is 30.3 Å². The van der Waals surface area contributed by atoms with Gasteiger partial charge in [0.25, 0.3) is 0 Å². The van der Waals surface area contributed by atoms with Gasteiger partial charge in [-0.25, -0.2) is 0 Å². The molecular weight excluding hydrogens is 264 g/mol. The second kappa shape index (κ2) is 4.75. The number of fused-ring (bicyclic) bond motifs is 3. The average molecular weight is 280 g/mol. The lowest BCUT2D eigenvalue weighted by atomic mass is 10.1. The lowest BCUT2D eigenvalue weighted by Crippen LogP contribution is -2.48. The first kappa shape index (κ1) is 12.2. The van der Waals surface area contributed by atoms with Gasteiger partial charge in [0.15, 0.2) is 6.29 Å². The van der Waals surface area contributed by atoms with Crippen molar-refractivity contribution in [2.24, 2.45) is 0 Å². The minimum absolute atomic E-state index is 0.0682. The summed E-state index contributed by atoms with van der Waals surface area (Å²) in [6, 6.07) is 10.3. The first-order valence-corrected chi connectivity index (χ1v) is 7.47. The average Bonchev–Trinajstić information content (AvgIpc) is 3.27. The van der Waals surface area contributed by atoms with Crippen LogP contribution in [0.15, 0.2) is 30.3 Å². The summed E-state index contributed by atoms with van der Waals surface area (Å²) < 4.78 is 22.8. The first-order chi connectivity index (χ1) is 9.36. The van der Waals surface area contributed by atoms with Crippen LogP contribution in [-0.4, -0.2) is 43.6 Å². The third-order valence-corrected chi connectivity index (χ3v) is 5.37. The predicted molar refractivity (Wildman–Crippen MR) is 70.8 cm³/mol. The Labute approximate surface area is 116 Å². The number of hydrogen-bond acceptors (Lipinski definition) is 5. The SMILES string of the molecule is CO[C@H]1O[C@@H]2CO[C@@H](c3ccccc3)S[C@H]2[C@H]2O[C@@H]12. The summed E-state index contributed by atoms with van der Waals surface area (Å²) in [5.74, 6) is 0. The Balaban J connectivity index is 1.50. The van der Waals surface area contributed by atoms with E-state index < -0.39 is 0 Å². The topological polar surface area (TPSA) is 40.2 Å². The lowest BCUT2D eigenvalue weighted by molar-refractivity contribution is -0.188. The van der Waals surface area contributed by atoms with Crippen LogP contribution in [0.1, 0.15) is 11.0 Å². The molecule has 1 aromatic carbocycles. The Kier molecular flexibility index (Phi) is 3.04. The molecule has 0 unspecified atom stereocenters. The number of methoxy groups -OCH3 is 1. The van der Waals surface area contributed by atoms with Crippen molar-refractivity contribution in [2.75, 3.05) is 13.7 Å². The molecule has 0 aliphatic carbocycles. The highest BCUT2D eigenvalue weighted by atomic mass is 32.2. The Morgan fingerprint density at radius 2 is 2.00 bits per heavy atom. The van der Waals surface area contributed by atoms with Gasteiger partial charge in [-0.3, -0.25) is 0 Å². The fourth-order valence-electron chi connectivity index (χ4n) is 2.80. The zero-order chi connectivity index (χ0) is 12.8. The van der Waals surface area contributed by atoms with E-state index in [2.05, 4.69) is 12.1 Å². The van der Waals surface area contributed by atoms with Crippen LogP contribution in [0.5, 0.6) is 0 Å². The fraction of sp³-hybridized carbons (Fsp3) is 0.571. The molecule has 0 bridgehead atoms. The number of thioether (sulfide) groups is 1. The summed E-state index contributed by atoms with van der Waals surface area (Å²) >= 11 is 1.80. The molecule has 3 saturated heterocycles. The Morgan fingerprint density at radius 3 is 2.79 bits per heavy atom. The quantitative estimate of drug-likeness (QED) is 0.774. The van der Waals surface area contributed by atoms with Crippen LogP contribution in [0, 0.1) is 0 Å². The van der Waals surface area contributed by atoms with Crippen LogP contribution in [0.25, 0.3) is 0 Å². The highest BCUT2D eigenvalue weighted by Gasteiger charge is 2.60. The van der Waals surface area contributed by atoms with Gasteiger partial charge < -0.3 is 18.9 Å². The maximum absolute atomic E-state index is 5.92. The van der Waals surface area contributed by atoms with Gasteiger partial charge >= 0.3 is 0 Å². The van der Waals surface area contributed by atoms with Crippen LogP contribution in [0.4, 0.5) is 0 Å². The molecule has 0 saturated carbocycles. The molecule has 0 amide bonds. The second-order valence-electron chi connectivity index (χ2n) is 5.02. The second-order valence-corrected chi connectivity index (χ2v) is 6.27. The maximum Gasteiger partial charge on any atom is 0.186 e. The standard InChI is InChI=1S/C14H16O4S/c1-15-13-11-10(18-11)12-9(17-13)7-16-14(19-12)8-5-3-2-4-6-8/h2-6,9-14H,7H2,1H3/t9-,10+,11-,12-,13+,14-/m1/s1. The summed E-state index contributed by atoms with van der Waals surface area (Å²) in [5.41, 5.74) is 1.28. The van der Waals surface area contributed by atoms with Crippen molar-refractivity contribution in [2.45, 2.75) is 35.3 Å². The molecule has 3 heterocycles. The number of benzene rings is 1. The summed E-state index contributed by atoms with van der Waals surface area (Å²) in [4.78, 5) is 0. The molecule has 0 spiro atoms. The van der Waals surface area contributed by atoms with Crippen LogP contribution in [-0.2, 0) is 18.9 Å². The van der Waals surface area contributed by atoms with Gasteiger partial charge in [-0.05, 0) is 5.56 Å². The van der Waals surface area contributed by atoms with Crippen molar-refractivity contribution >= 4 is 11.8 Å². The lowest BCUT2D eigenvalue weighted by Gasteiger charge is -2.39. The molecule has 5 heteroatoms. The summed E-state index contributed by atoms with van der Waals surface area (Å²) in [5, 5.41) is 0.343. The molecule has 3 fully saturated rings. The molecule has 3 aliphatic rings. The van der Waals surface area contributed by atoms with Gasteiger partial charge in [-0.15, -0.1) is 11.8 Å². The Bertz CT molecular complexity index is 454. The minimum atomic E-state index is -0.233. The van der Waals surface area contributed by atoms with Crippen molar-refractivity contribution in [3.63, 3.8) is 0 Å². The normalized spacial score (nSPS) is 44.3. The van der Waals surface area contributed by atoms with Crippen molar-refractivity contribution < 1.29 is 18.9 Å². The first-order valence-electron chi connectivity index (χ1n) is 6.52. The predicted octanol–water partition coefficient (Wildman–Crippen LogP) is 1.96. The third kappa shape index (κ3) is 2.10. The zero-order valence-corrected chi connectivity index (χ0v) is 11.4. The molecule has 6 atom stereocenters. The van der Waals surface area contributed by atoms with E-state index in [0.717, 1.165) is 0 Å². The van der Waals surface area contributed by atoms with Crippen LogP contribution in [0.2, 0.25) is 0 Å². The van der Waals surface area contributed by atoms with Gasteiger partial charge in [0.1, 0.15) is 17.6 Å². The number of ether oxygens (including phenoxy) is 4. The summed E-state index contributed by atoms with van der Waals surface area (Å²) in [6.45, 7) is 0.601. The molecule has 0 radical (unpaired) electrons. The molecule has 1 aromatic rings. The van der Waals surface area contributed by atoms with E-state index in [-0.39, 0.29) is 30.0 Å². The van der Waals surface area contributed by atoms with Gasteiger partial charge in [0.2, 0.25) is 0 Å². The summed E-state index contributed by atoms with van der Waals surface area (Å²) in [7, 11) is 1.66. The van der Waals surface area contributed by atoms with E-state index in [1.54, 1.807) is 18.9 Å². The number of rotatable bonds is 2. The maximum atomic E-state index is 5.92. The van der Waals surface area contributed by atoms with Gasteiger partial charge in [-0.2, -0.15) is 0 Å². The van der Waals surface area contributed by atoms with Crippen molar-refractivity contribution in [1.29, 1.82) is 0 Å². The molecule has 0 N–H and O–H groups in total. The largest absolute Gasteiger partial charge is 0.363 e. The van der Waals surface area contributed by atoms with E-state index in [9.17, 15) is 0 Å². The van der Waals surface area contributed by atoms with Crippen molar-refractivity contribution in [1.82, 2.24) is 0 Å². The molecule has 19 heavy (non-hydrogen) atoms. The summed E-state index contributed by atoms with van der Waals surface area (Å²) in [6.07, 6.45) is 0.194. The zero-order valence-electron chi connectivity index (χ0n) is 10.6. The Morgan fingerprint density at radius 1 is 1.16 bits per heavy atom. The molecule has 4 nitrogen and oxygen atoms in total. The highest BCUT2D eigenvalue weighted by Crippen LogP contribution is 2.50. The highest BCUT2D eigenvalue weighted by molar-refractivity contribution is 8.00. The van der Waals surface area contributed by atoms with E-state index in [1.807, 2.05) is 18.2 Å². The van der Waals surface area contributed by atoms with E-state index in [0.29, 0.717) is 11.9 Å². The van der Waals surface area contributed by atoms with Crippen LogP contribution >= 0.6 is 11.8 Å². The van der Waals surface area contributed by atoms with Crippen LogP contribution in [0.3, 0.4) is 0 Å². The molecule has 3 aliphatic heterocycles. The fourth-order valence-corrected chi connectivity index (χ4v) is 4.24. The van der Waals surface area contributed by atoms with Gasteiger partial charge in [0, 0.05) is 7.11 Å². The van der Waals surface area contributed by atoms with Gasteiger partial charge in [0.05, 0.1) is 18.0 Å². The molecule has 4 rings (SSSR count). The van der Waals surface area contributed by atoms with Crippen molar-refractivity contribution in [3.8, 4) is 0 Å². The number of epoxide rings is 1. The Hall–Kier alpha value is -0.590. The molecular formula is C14H16O4S. The van der Waals surface area contributed by atoms with E-state index >= 15 is 0 Å². The van der Waals surface area contributed by atoms with Crippen LogP contribution < -0.4 is 0 Å².